The topological polar surface area (TPSA) is 26.3 Å². The molecule has 0 saturated heterocycles. The second-order valence-corrected chi connectivity index (χ2v) is 4.53. The van der Waals surface area contributed by atoms with Crippen molar-refractivity contribution in [3.63, 3.8) is 0 Å². The van der Waals surface area contributed by atoms with Gasteiger partial charge in [0.2, 0.25) is 0 Å². The Morgan fingerprint density at radius 3 is 2.82 bits per heavy atom. The van der Waals surface area contributed by atoms with Crippen LogP contribution < -0.4 is 0 Å². The predicted molar refractivity (Wildman–Crippen MR) is 65.1 cm³/mol. The third-order valence-electron chi connectivity index (χ3n) is 2.47. The van der Waals surface area contributed by atoms with Crippen molar-refractivity contribution in [1.29, 1.82) is 0 Å². The predicted octanol–water partition coefficient (Wildman–Crippen LogP) is 3.35. The Morgan fingerprint density at radius 1 is 1.41 bits per heavy atom. The maximum absolute atomic E-state index is 12.9. The highest BCUT2D eigenvalue weighted by Gasteiger charge is 2.04. The standard InChI is InChI=1S/C14H19FO2/c1-11(2)8-9-17-14(16)7-6-12-4-3-5-13(15)10-12/h3-5,10-11H,6-9H2,1-2H3. The number of hydrogen-bond acceptors (Lipinski definition) is 2. The first-order chi connectivity index (χ1) is 8.08. The summed E-state index contributed by atoms with van der Waals surface area (Å²) in [5.41, 5.74) is 0.825. The number of carbonyl (C=O) groups is 1. The van der Waals surface area contributed by atoms with Crippen LogP contribution in [0.1, 0.15) is 32.3 Å². The molecule has 17 heavy (non-hydrogen) atoms. The maximum atomic E-state index is 12.9. The van der Waals surface area contributed by atoms with Crippen molar-refractivity contribution >= 4 is 5.97 Å². The van der Waals surface area contributed by atoms with E-state index in [4.69, 9.17) is 4.74 Å². The minimum absolute atomic E-state index is 0.213. The van der Waals surface area contributed by atoms with Gasteiger partial charge in [-0.2, -0.15) is 0 Å². The van der Waals surface area contributed by atoms with Gasteiger partial charge >= 0.3 is 5.97 Å². The Labute approximate surface area is 102 Å². The van der Waals surface area contributed by atoms with Crippen molar-refractivity contribution in [3.8, 4) is 0 Å². The lowest BCUT2D eigenvalue weighted by molar-refractivity contribution is -0.143. The van der Waals surface area contributed by atoms with Crippen LogP contribution in [0, 0.1) is 11.7 Å². The Bertz CT molecular complexity index is 361. The first-order valence-corrected chi connectivity index (χ1v) is 5.98. The van der Waals surface area contributed by atoms with Gasteiger partial charge in [-0.1, -0.05) is 26.0 Å². The van der Waals surface area contributed by atoms with Crippen LogP contribution >= 0.6 is 0 Å². The van der Waals surface area contributed by atoms with Gasteiger partial charge < -0.3 is 4.74 Å². The average molecular weight is 238 g/mol. The SMILES string of the molecule is CC(C)CCOC(=O)CCc1cccc(F)c1. The highest BCUT2D eigenvalue weighted by Crippen LogP contribution is 2.07. The summed E-state index contributed by atoms with van der Waals surface area (Å²) in [5.74, 6) is 0.0524. The molecule has 0 spiro atoms. The molecule has 0 amide bonds. The van der Waals surface area contributed by atoms with Gasteiger partial charge in [0.25, 0.3) is 0 Å². The van der Waals surface area contributed by atoms with Crippen LogP contribution in [-0.4, -0.2) is 12.6 Å². The van der Waals surface area contributed by atoms with Crippen LogP contribution in [0.4, 0.5) is 4.39 Å². The fourth-order valence-electron chi connectivity index (χ4n) is 1.42. The van der Waals surface area contributed by atoms with Crippen molar-refractivity contribution in [2.45, 2.75) is 33.1 Å². The summed E-state index contributed by atoms with van der Waals surface area (Å²) in [6, 6.07) is 6.30. The number of ether oxygens (including phenoxy) is 1. The van der Waals surface area contributed by atoms with Crippen molar-refractivity contribution < 1.29 is 13.9 Å². The molecule has 1 rings (SSSR count). The molecule has 0 unspecified atom stereocenters. The summed E-state index contributed by atoms with van der Waals surface area (Å²) in [5, 5.41) is 0. The van der Waals surface area contributed by atoms with Crippen molar-refractivity contribution in [2.75, 3.05) is 6.61 Å². The Hall–Kier alpha value is -1.38. The molecule has 1 aromatic carbocycles. The summed E-state index contributed by atoms with van der Waals surface area (Å²) < 4.78 is 17.9. The minimum atomic E-state index is -0.268. The Balaban J connectivity index is 2.24. The lowest BCUT2D eigenvalue weighted by Gasteiger charge is -2.06. The van der Waals surface area contributed by atoms with E-state index in [0.29, 0.717) is 25.4 Å². The Kier molecular flexibility index (Phi) is 5.67. The van der Waals surface area contributed by atoms with Gasteiger partial charge in [-0.05, 0) is 36.5 Å². The quantitative estimate of drug-likeness (QED) is 0.710. The van der Waals surface area contributed by atoms with E-state index < -0.39 is 0 Å². The number of hydrogen-bond donors (Lipinski definition) is 0. The molecule has 0 aliphatic heterocycles. The summed E-state index contributed by atoms with van der Waals surface area (Å²) >= 11 is 0. The molecule has 0 radical (unpaired) electrons. The van der Waals surface area contributed by atoms with Crippen LogP contribution in [0.15, 0.2) is 24.3 Å². The highest BCUT2D eigenvalue weighted by molar-refractivity contribution is 5.69. The van der Waals surface area contributed by atoms with Crippen molar-refractivity contribution in [2.24, 2.45) is 5.92 Å². The zero-order chi connectivity index (χ0) is 12.7. The number of aryl methyl sites for hydroxylation is 1. The lowest BCUT2D eigenvalue weighted by atomic mass is 10.1. The van der Waals surface area contributed by atoms with Crippen LogP contribution in [0.2, 0.25) is 0 Å². The molecule has 0 aliphatic carbocycles. The van der Waals surface area contributed by atoms with Crippen LogP contribution in [0.5, 0.6) is 0 Å². The van der Waals surface area contributed by atoms with E-state index >= 15 is 0 Å². The number of carbonyl (C=O) groups excluding carboxylic acids is 1. The molecule has 0 N–H and O–H groups in total. The van der Waals surface area contributed by atoms with E-state index in [1.165, 1.54) is 12.1 Å². The lowest BCUT2D eigenvalue weighted by Crippen LogP contribution is -2.08. The molecule has 3 heteroatoms. The molecule has 0 aliphatic rings. The number of benzene rings is 1. The summed E-state index contributed by atoms with van der Waals surface area (Å²) in [6.45, 7) is 4.64. The first kappa shape index (κ1) is 13.7. The van der Waals surface area contributed by atoms with Gasteiger partial charge in [-0.3, -0.25) is 4.79 Å². The number of rotatable bonds is 6. The number of halogens is 1. The van der Waals surface area contributed by atoms with Crippen molar-refractivity contribution in [1.82, 2.24) is 0 Å². The van der Waals surface area contributed by atoms with Crippen LogP contribution in [0.25, 0.3) is 0 Å². The fourth-order valence-corrected chi connectivity index (χ4v) is 1.42. The van der Waals surface area contributed by atoms with Gasteiger partial charge in [-0.25, -0.2) is 4.39 Å². The van der Waals surface area contributed by atoms with Crippen molar-refractivity contribution in [3.05, 3.63) is 35.6 Å². The van der Waals surface area contributed by atoms with Gasteiger partial charge in [0, 0.05) is 6.42 Å². The molecule has 0 atom stereocenters. The molecule has 1 aromatic rings. The van der Waals surface area contributed by atoms with Gasteiger partial charge in [-0.15, -0.1) is 0 Å². The van der Waals surface area contributed by atoms with E-state index in [1.807, 2.05) is 6.07 Å². The molecule has 94 valence electrons. The van der Waals surface area contributed by atoms with Crippen LogP contribution in [0.3, 0.4) is 0 Å². The molecule has 0 fully saturated rings. The normalized spacial score (nSPS) is 10.6. The summed E-state index contributed by atoms with van der Waals surface area (Å²) in [7, 11) is 0. The van der Waals surface area contributed by atoms with E-state index in [0.717, 1.165) is 12.0 Å². The van der Waals surface area contributed by atoms with E-state index in [9.17, 15) is 9.18 Å². The smallest absolute Gasteiger partial charge is 0.306 e. The highest BCUT2D eigenvalue weighted by atomic mass is 19.1. The molecular weight excluding hydrogens is 219 g/mol. The van der Waals surface area contributed by atoms with Crippen LogP contribution in [-0.2, 0) is 16.0 Å². The minimum Gasteiger partial charge on any atom is -0.466 e. The fraction of sp³-hybridized carbons (Fsp3) is 0.500. The van der Waals surface area contributed by atoms with E-state index in [2.05, 4.69) is 13.8 Å². The number of esters is 1. The molecule has 0 aromatic heterocycles. The van der Waals surface area contributed by atoms with Gasteiger partial charge in [0.1, 0.15) is 5.82 Å². The molecule has 0 bridgehead atoms. The molecular formula is C14H19FO2. The maximum Gasteiger partial charge on any atom is 0.306 e. The van der Waals surface area contributed by atoms with E-state index in [-0.39, 0.29) is 11.8 Å². The first-order valence-electron chi connectivity index (χ1n) is 5.98. The molecule has 0 saturated carbocycles. The largest absolute Gasteiger partial charge is 0.466 e. The average Bonchev–Trinajstić information content (AvgIpc) is 2.26. The van der Waals surface area contributed by atoms with E-state index in [1.54, 1.807) is 6.07 Å². The van der Waals surface area contributed by atoms with Gasteiger partial charge in [0.05, 0.1) is 6.61 Å². The summed E-state index contributed by atoms with van der Waals surface area (Å²) in [6.07, 6.45) is 1.71. The van der Waals surface area contributed by atoms with Gasteiger partial charge in [0.15, 0.2) is 0 Å². The molecule has 0 heterocycles. The third kappa shape index (κ3) is 6.05. The monoisotopic (exact) mass is 238 g/mol. The molecule has 2 nitrogen and oxygen atoms in total. The second kappa shape index (κ2) is 7.05. The zero-order valence-corrected chi connectivity index (χ0v) is 10.4. The zero-order valence-electron chi connectivity index (χ0n) is 10.4. The summed E-state index contributed by atoms with van der Waals surface area (Å²) in [4.78, 5) is 11.4. The third-order valence-corrected chi connectivity index (χ3v) is 2.47. The second-order valence-electron chi connectivity index (χ2n) is 4.53. The Morgan fingerprint density at radius 2 is 2.18 bits per heavy atom.